The Morgan fingerprint density at radius 1 is 1.21 bits per heavy atom. The van der Waals surface area contributed by atoms with Crippen molar-refractivity contribution in [2.24, 2.45) is 0 Å². The van der Waals surface area contributed by atoms with Gasteiger partial charge in [0.2, 0.25) is 0 Å². The molecule has 130 valence electrons. The summed E-state index contributed by atoms with van der Waals surface area (Å²) in [6, 6.07) is 10.7. The van der Waals surface area contributed by atoms with Crippen molar-refractivity contribution in [2.45, 2.75) is 20.0 Å². The molecule has 0 saturated carbocycles. The normalized spacial score (nSPS) is 10.4. The molecule has 0 spiro atoms. The zero-order chi connectivity index (χ0) is 17.2. The van der Waals surface area contributed by atoms with Crippen LogP contribution in [0.15, 0.2) is 40.8 Å². The molecule has 0 bridgehead atoms. The summed E-state index contributed by atoms with van der Waals surface area (Å²) in [6.07, 6.45) is 0.770. The summed E-state index contributed by atoms with van der Waals surface area (Å²) in [5.74, 6) is 2.01. The first kappa shape index (κ1) is 17.9. The minimum absolute atomic E-state index is 0.237. The number of carbonyl (C=O) groups excluding carboxylic acids is 1. The largest absolute Gasteiger partial charge is 0.497 e. The fraction of sp³-hybridized carbons (Fsp3) is 0.389. The lowest BCUT2D eigenvalue weighted by atomic mass is 10.3. The van der Waals surface area contributed by atoms with Gasteiger partial charge in [0.25, 0.3) is 5.91 Å². The van der Waals surface area contributed by atoms with Crippen LogP contribution in [0, 0.1) is 0 Å². The van der Waals surface area contributed by atoms with E-state index in [0.29, 0.717) is 31.3 Å². The third-order valence-electron chi connectivity index (χ3n) is 3.26. The Labute approximate surface area is 141 Å². The third-order valence-corrected chi connectivity index (χ3v) is 3.26. The van der Waals surface area contributed by atoms with E-state index in [1.54, 1.807) is 25.3 Å². The smallest absolute Gasteiger partial charge is 0.286 e. The minimum atomic E-state index is -0.237. The number of carbonyl (C=O) groups is 1. The molecule has 2 aromatic rings. The first-order valence-electron chi connectivity index (χ1n) is 7.94. The highest BCUT2D eigenvalue weighted by molar-refractivity contribution is 5.91. The molecule has 0 unspecified atom stereocenters. The highest BCUT2D eigenvalue weighted by atomic mass is 16.5. The van der Waals surface area contributed by atoms with Gasteiger partial charge in [-0.05, 0) is 37.6 Å². The molecule has 0 fully saturated rings. The summed E-state index contributed by atoms with van der Waals surface area (Å²) in [5, 5.41) is 2.79. The van der Waals surface area contributed by atoms with Crippen LogP contribution in [-0.2, 0) is 11.3 Å². The molecule has 0 radical (unpaired) electrons. The second-order valence-electron chi connectivity index (χ2n) is 5.04. The Hall–Kier alpha value is -2.47. The lowest BCUT2D eigenvalue weighted by Crippen LogP contribution is -2.24. The van der Waals surface area contributed by atoms with Crippen LogP contribution in [0.1, 0.15) is 29.7 Å². The van der Waals surface area contributed by atoms with Crippen molar-refractivity contribution in [3.8, 4) is 11.5 Å². The number of furan rings is 1. The van der Waals surface area contributed by atoms with E-state index in [2.05, 4.69) is 5.32 Å². The average Bonchev–Trinajstić information content (AvgIpc) is 3.09. The fourth-order valence-electron chi connectivity index (χ4n) is 2.03. The lowest BCUT2D eigenvalue weighted by molar-refractivity contribution is 0.0913. The summed E-state index contributed by atoms with van der Waals surface area (Å²) in [7, 11) is 1.60. The summed E-state index contributed by atoms with van der Waals surface area (Å²) < 4.78 is 21.5. The SMILES string of the molecule is CCOCCCNC(=O)c1ccc(COc2cccc(OC)c2)o1. The molecule has 0 aliphatic heterocycles. The van der Waals surface area contributed by atoms with Crippen LogP contribution in [0.4, 0.5) is 0 Å². The number of benzene rings is 1. The van der Waals surface area contributed by atoms with Crippen molar-refractivity contribution in [3.05, 3.63) is 47.9 Å². The van der Waals surface area contributed by atoms with E-state index in [9.17, 15) is 4.79 Å². The quantitative estimate of drug-likeness (QED) is 0.677. The summed E-state index contributed by atoms with van der Waals surface area (Å²) in [6.45, 7) is 4.05. The monoisotopic (exact) mass is 333 g/mol. The predicted octanol–water partition coefficient (Wildman–Crippen LogP) is 3.02. The molecule has 2 rings (SSSR count). The van der Waals surface area contributed by atoms with Crippen LogP contribution in [0.25, 0.3) is 0 Å². The van der Waals surface area contributed by atoms with Crippen LogP contribution in [-0.4, -0.2) is 32.8 Å². The summed E-state index contributed by atoms with van der Waals surface area (Å²) in [4.78, 5) is 11.9. The Bertz CT molecular complexity index is 638. The van der Waals surface area contributed by atoms with E-state index in [1.807, 2.05) is 25.1 Å². The van der Waals surface area contributed by atoms with E-state index in [1.165, 1.54) is 0 Å². The van der Waals surface area contributed by atoms with Gasteiger partial charge in [-0.1, -0.05) is 6.07 Å². The highest BCUT2D eigenvalue weighted by Crippen LogP contribution is 2.20. The van der Waals surface area contributed by atoms with Gasteiger partial charge >= 0.3 is 0 Å². The topological polar surface area (TPSA) is 69.9 Å². The number of amides is 1. The van der Waals surface area contributed by atoms with Crippen molar-refractivity contribution in [1.82, 2.24) is 5.32 Å². The number of methoxy groups -OCH3 is 1. The van der Waals surface area contributed by atoms with Gasteiger partial charge in [0.05, 0.1) is 7.11 Å². The molecule has 6 heteroatoms. The van der Waals surface area contributed by atoms with Crippen molar-refractivity contribution in [1.29, 1.82) is 0 Å². The van der Waals surface area contributed by atoms with E-state index < -0.39 is 0 Å². The Kier molecular flexibility index (Phi) is 7.17. The molecule has 1 amide bonds. The van der Waals surface area contributed by atoms with Crippen molar-refractivity contribution in [2.75, 3.05) is 26.9 Å². The molecular formula is C18H23NO5. The molecular weight excluding hydrogens is 310 g/mol. The standard InChI is InChI=1S/C18H23NO5/c1-3-22-11-5-10-19-18(20)17-9-8-16(24-17)13-23-15-7-4-6-14(12-15)21-2/h4,6-9,12H,3,5,10-11,13H2,1-2H3,(H,19,20). The molecule has 0 saturated heterocycles. The van der Waals surface area contributed by atoms with E-state index in [-0.39, 0.29) is 18.3 Å². The van der Waals surface area contributed by atoms with Gasteiger partial charge in [-0.2, -0.15) is 0 Å². The van der Waals surface area contributed by atoms with Gasteiger partial charge in [0.1, 0.15) is 23.9 Å². The summed E-state index contributed by atoms with van der Waals surface area (Å²) >= 11 is 0. The lowest BCUT2D eigenvalue weighted by Gasteiger charge is -2.06. The first-order chi connectivity index (χ1) is 11.7. The molecule has 1 N–H and O–H groups in total. The van der Waals surface area contributed by atoms with Crippen LogP contribution in [0.3, 0.4) is 0 Å². The van der Waals surface area contributed by atoms with Gasteiger partial charge in [-0.3, -0.25) is 4.79 Å². The fourth-order valence-corrected chi connectivity index (χ4v) is 2.03. The number of hydrogen-bond acceptors (Lipinski definition) is 5. The maximum Gasteiger partial charge on any atom is 0.286 e. The van der Waals surface area contributed by atoms with Crippen LogP contribution >= 0.6 is 0 Å². The third kappa shape index (κ3) is 5.62. The molecule has 1 heterocycles. The Morgan fingerprint density at radius 3 is 2.83 bits per heavy atom. The number of hydrogen-bond donors (Lipinski definition) is 1. The molecule has 1 aromatic carbocycles. The zero-order valence-corrected chi connectivity index (χ0v) is 14.0. The molecule has 24 heavy (non-hydrogen) atoms. The molecule has 0 aliphatic carbocycles. The minimum Gasteiger partial charge on any atom is -0.497 e. The van der Waals surface area contributed by atoms with Crippen molar-refractivity contribution in [3.63, 3.8) is 0 Å². The number of rotatable bonds is 10. The van der Waals surface area contributed by atoms with Gasteiger partial charge in [-0.25, -0.2) is 0 Å². The Balaban J connectivity index is 1.78. The molecule has 6 nitrogen and oxygen atoms in total. The van der Waals surface area contributed by atoms with Gasteiger partial charge in [-0.15, -0.1) is 0 Å². The molecule has 1 aromatic heterocycles. The highest BCUT2D eigenvalue weighted by Gasteiger charge is 2.11. The Morgan fingerprint density at radius 2 is 2.04 bits per heavy atom. The summed E-state index contributed by atoms with van der Waals surface area (Å²) in [5.41, 5.74) is 0. The number of ether oxygens (including phenoxy) is 3. The zero-order valence-electron chi connectivity index (χ0n) is 14.0. The second kappa shape index (κ2) is 9.62. The van der Waals surface area contributed by atoms with Gasteiger partial charge in [0, 0.05) is 25.8 Å². The maximum atomic E-state index is 11.9. The second-order valence-corrected chi connectivity index (χ2v) is 5.04. The first-order valence-corrected chi connectivity index (χ1v) is 7.94. The van der Waals surface area contributed by atoms with Crippen molar-refractivity contribution < 1.29 is 23.4 Å². The molecule has 0 aliphatic rings. The van der Waals surface area contributed by atoms with Crippen molar-refractivity contribution >= 4 is 5.91 Å². The molecule has 0 atom stereocenters. The number of nitrogens with one attached hydrogen (secondary N) is 1. The average molecular weight is 333 g/mol. The van der Waals surface area contributed by atoms with Crippen LogP contribution in [0.5, 0.6) is 11.5 Å². The van der Waals surface area contributed by atoms with Gasteiger partial charge < -0.3 is 23.9 Å². The van der Waals surface area contributed by atoms with E-state index in [0.717, 1.165) is 12.2 Å². The predicted molar refractivity (Wildman–Crippen MR) is 89.5 cm³/mol. The van der Waals surface area contributed by atoms with Gasteiger partial charge in [0.15, 0.2) is 5.76 Å². The maximum absolute atomic E-state index is 11.9. The van der Waals surface area contributed by atoms with E-state index >= 15 is 0 Å². The van der Waals surface area contributed by atoms with Crippen LogP contribution in [0.2, 0.25) is 0 Å². The van der Waals surface area contributed by atoms with E-state index in [4.69, 9.17) is 18.6 Å². The van der Waals surface area contributed by atoms with Crippen LogP contribution < -0.4 is 14.8 Å².